The highest BCUT2D eigenvalue weighted by Crippen LogP contribution is 2.23. The first-order chi connectivity index (χ1) is 9.26. The molecule has 2 aromatic rings. The van der Waals surface area contributed by atoms with E-state index in [1.165, 1.54) is 0 Å². The number of carbonyl (C=O) groups is 2. The van der Waals surface area contributed by atoms with E-state index >= 15 is 0 Å². The molecule has 0 aliphatic carbocycles. The van der Waals surface area contributed by atoms with Crippen LogP contribution in [0.5, 0.6) is 0 Å². The van der Waals surface area contributed by atoms with Crippen LogP contribution in [0.1, 0.15) is 27.6 Å². The number of hydrogen-bond donors (Lipinski definition) is 0. The molecule has 0 aliphatic heterocycles. The van der Waals surface area contributed by atoms with Crippen LogP contribution in [0.15, 0.2) is 48.5 Å². The lowest BCUT2D eigenvalue weighted by atomic mass is 9.98. The number of benzene rings is 2. The summed E-state index contributed by atoms with van der Waals surface area (Å²) in [6, 6.07) is 14.6. The molecular formula is C16H14O3. The Bertz CT molecular complexity index is 588. The van der Waals surface area contributed by atoms with Crippen LogP contribution in [-0.4, -0.2) is 18.9 Å². The Morgan fingerprint density at radius 2 is 1.89 bits per heavy atom. The van der Waals surface area contributed by atoms with Crippen LogP contribution >= 0.6 is 0 Å². The summed E-state index contributed by atoms with van der Waals surface area (Å²) in [5.41, 5.74) is 2.63. The number of esters is 1. The molecule has 2 aromatic carbocycles. The SMILES string of the molecule is CCOC(=O)c1ccc(-c2ccccc2)c(C=O)c1. The first kappa shape index (κ1) is 13.0. The van der Waals surface area contributed by atoms with E-state index in [1.54, 1.807) is 25.1 Å². The van der Waals surface area contributed by atoms with E-state index in [1.807, 2.05) is 30.3 Å². The van der Waals surface area contributed by atoms with Crippen molar-refractivity contribution in [3.05, 3.63) is 59.7 Å². The van der Waals surface area contributed by atoms with Gasteiger partial charge in [-0.05, 0) is 30.2 Å². The summed E-state index contributed by atoms with van der Waals surface area (Å²) in [5.74, 6) is -0.412. The van der Waals surface area contributed by atoms with Crippen molar-refractivity contribution in [2.45, 2.75) is 6.92 Å². The van der Waals surface area contributed by atoms with Gasteiger partial charge in [-0.1, -0.05) is 36.4 Å². The second-order valence-electron chi connectivity index (χ2n) is 4.01. The van der Waals surface area contributed by atoms with Crippen molar-refractivity contribution >= 4 is 12.3 Å². The second kappa shape index (κ2) is 5.96. The quantitative estimate of drug-likeness (QED) is 0.620. The van der Waals surface area contributed by atoms with E-state index in [-0.39, 0.29) is 0 Å². The molecule has 0 atom stereocenters. The minimum atomic E-state index is -0.412. The molecule has 0 saturated heterocycles. The van der Waals surface area contributed by atoms with E-state index in [4.69, 9.17) is 4.74 Å². The average Bonchev–Trinajstić information content (AvgIpc) is 2.47. The van der Waals surface area contributed by atoms with Gasteiger partial charge in [0.2, 0.25) is 0 Å². The van der Waals surface area contributed by atoms with E-state index in [2.05, 4.69) is 0 Å². The number of hydrogen-bond acceptors (Lipinski definition) is 3. The highest BCUT2D eigenvalue weighted by Gasteiger charge is 2.11. The van der Waals surface area contributed by atoms with Crippen molar-refractivity contribution in [1.29, 1.82) is 0 Å². The number of carbonyl (C=O) groups excluding carboxylic acids is 2. The van der Waals surface area contributed by atoms with Crippen LogP contribution < -0.4 is 0 Å². The predicted octanol–water partition coefficient (Wildman–Crippen LogP) is 3.34. The molecule has 0 unspecified atom stereocenters. The van der Waals surface area contributed by atoms with E-state index in [0.717, 1.165) is 17.4 Å². The zero-order chi connectivity index (χ0) is 13.7. The van der Waals surface area contributed by atoms with Gasteiger partial charge in [-0.15, -0.1) is 0 Å². The van der Waals surface area contributed by atoms with Crippen LogP contribution in [0.3, 0.4) is 0 Å². The summed E-state index contributed by atoms with van der Waals surface area (Å²) < 4.78 is 4.92. The van der Waals surface area contributed by atoms with Gasteiger partial charge in [0, 0.05) is 5.56 Å². The molecule has 0 fully saturated rings. The maximum Gasteiger partial charge on any atom is 0.338 e. The van der Waals surface area contributed by atoms with Gasteiger partial charge in [0.1, 0.15) is 0 Å². The molecule has 3 heteroatoms. The van der Waals surface area contributed by atoms with Crippen LogP contribution in [0.4, 0.5) is 0 Å². The third kappa shape index (κ3) is 2.88. The summed E-state index contributed by atoms with van der Waals surface area (Å²) in [7, 11) is 0. The second-order valence-corrected chi connectivity index (χ2v) is 4.01. The molecule has 0 aromatic heterocycles. The lowest BCUT2D eigenvalue weighted by Crippen LogP contribution is -2.05. The van der Waals surface area contributed by atoms with Crippen LogP contribution in [0, 0.1) is 0 Å². The van der Waals surface area contributed by atoms with Gasteiger partial charge in [0.25, 0.3) is 0 Å². The largest absolute Gasteiger partial charge is 0.462 e. The molecule has 0 aliphatic rings. The molecular weight excluding hydrogens is 240 g/mol. The number of aldehydes is 1. The first-order valence-corrected chi connectivity index (χ1v) is 6.08. The summed E-state index contributed by atoms with van der Waals surface area (Å²) in [6.07, 6.45) is 0.755. The predicted molar refractivity (Wildman–Crippen MR) is 73.2 cm³/mol. The fourth-order valence-corrected chi connectivity index (χ4v) is 1.88. The smallest absolute Gasteiger partial charge is 0.338 e. The highest BCUT2D eigenvalue weighted by molar-refractivity contribution is 5.95. The molecule has 2 rings (SSSR count). The van der Waals surface area contributed by atoms with Gasteiger partial charge in [0.15, 0.2) is 6.29 Å². The van der Waals surface area contributed by atoms with E-state index in [9.17, 15) is 9.59 Å². The highest BCUT2D eigenvalue weighted by atomic mass is 16.5. The summed E-state index contributed by atoms with van der Waals surface area (Å²) in [5, 5.41) is 0. The van der Waals surface area contributed by atoms with Crippen LogP contribution in [0.25, 0.3) is 11.1 Å². The van der Waals surface area contributed by atoms with Crippen LogP contribution in [0.2, 0.25) is 0 Å². The van der Waals surface area contributed by atoms with Gasteiger partial charge in [0.05, 0.1) is 12.2 Å². The molecule has 0 heterocycles. The third-order valence-corrected chi connectivity index (χ3v) is 2.77. The van der Waals surface area contributed by atoms with Crippen molar-refractivity contribution in [1.82, 2.24) is 0 Å². The lowest BCUT2D eigenvalue weighted by Gasteiger charge is -2.07. The van der Waals surface area contributed by atoms with Crippen molar-refractivity contribution in [3.63, 3.8) is 0 Å². The standard InChI is InChI=1S/C16H14O3/c1-2-19-16(18)13-8-9-15(14(10-13)11-17)12-6-4-3-5-7-12/h3-11H,2H2,1H3. The van der Waals surface area contributed by atoms with Crippen molar-refractivity contribution in [2.24, 2.45) is 0 Å². The van der Waals surface area contributed by atoms with Crippen molar-refractivity contribution < 1.29 is 14.3 Å². The first-order valence-electron chi connectivity index (χ1n) is 6.08. The Morgan fingerprint density at radius 1 is 1.16 bits per heavy atom. The van der Waals surface area contributed by atoms with Crippen molar-refractivity contribution in [2.75, 3.05) is 6.61 Å². The zero-order valence-corrected chi connectivity index (χ0v) is 10.6. The summed E-state index contributed by atoms with van der Waals surface area (Å²) >= 11 is 0. The maximum atomic E-state index is 11.6. The number of ether oxygens (including phenoxy) is 1. The minimum Gasteiger partial charge on any atom is -0.462 e. The summed E-state index contributed by atoms with van der Waals surface area (Å²) in [4.78, 5) is 22.8. The molecule has 0 amide bonds. The molecule has 0 N–H and O–H groups in total. The van der Waals surface area contributed by atoms with E-state index in [0.29, 0.717) is 17.7 Å². The average molecular weight is 254 g/mol. The normalized spacial score (nSPS) is 9.95. The Kier molecular flexibility index (Phi) is 4.08. The van der Waals surface area contributed by atoms with Gasteiger partial charge >= 0.3 is 5.97 Å². The molecule has 0 radical (unpaired) electrons. The van der Waals surface area contributed by atoms with Gasteiger partial charge < -0.3 is 4.74 Å². The lowest BCUT2D eigenvalue weighted by molar-refractivity contribution is 0.0526. The molecule has 96 valence electrons. The number of rotatable bonds is 4. The van der Waals surface area contributed by atoms with Gasteiger partial charge in [-0.3, -0.25) is 4.79 Å². The Labute approximate surface area is 111 Å². The topological polar surface area (TPSA) is 43.4 Å². The van der Waals surface area contributed by atoms with Crippen molar-refractivity contribution in [3.8, 4) is 11.1 Å². The van der Waals surface area contributed by atoms with E-state index < -0.39 is 5.97 Å². The molecule has 0 spiro atoms. The monoisotopic (exact) mass is 254 g/mol. The summed E-state index contributed by atoms with van der Waals surface area (Å²) in [6.45, 7) is 2.06. The molecule has 19 heavy (non-hydrogen) atoms. The van der Waals surface area contributed by atoms with Gasteiger partial charge in [-0.2, -0.15) is 0 Å². The Morgan fingerprint density at radius 3 is 2.53 bits per heavy atom. The Hall–Kier alpha value is -2.42. The molecule has 0 saturated carbocycles. The molecule has 3 nitrogen and oxygen atoms in total. The van der Waals surface area contributed by atoms with Gasteiger partial charge in [-0.25, -0.2) is 4.79 Å². The molecule has 0 bridgehead atoms. The Balaban J connectivity index is 2.43. The minimum absolute atomic E-state index is 0.315. The maximum absolute atomic E-state index is 11.6. The fraction of sp³-hybridized carbons (Fsp3) is 0.125. The zero-order valence-electron chi connectivity index (χ0n) is 10.6. The third-order valence-electron chi connectivity index (χ3n) is 2.77. The van der Waals surface area contributed by atoms with Crippen LogP contribution in [-0.2, 0) is 4.74 Å². The fourth-order valence-electron chi connectivity index (χ4n) is 1.88.